The van der Waals surface area contributed by atoms with Gasteiger partial charge in [0.1, 0.15) is 5.75 Å². The zero-order valence-corrected chi connectivity index (χ0v) is 15.8. The molecule has 0 radical (unpaired) electrons. The highest BCUT2D eigenvalue weighted by Crippen LogP contribution is 2.37. The molecule has 2 aliphatic heterocycles. The summed E-state index contributed by atoms with van der Waals surface area (Å²) in [5.74, 6) is 1.39. The third kappa shape index (κ3) is 4.79. The van der Waals surface area contributed by atoms with Crippen molar-refractivity contribution < 1.29 is 9.53 Å². The molecule has 1 fully saturated rings. The number of halogens is 1. The largest absolute Gasteiger partial charge is 0.492 e. The summed E-state index contributed by atoms with van der Waals surface area (Å²) in [4.78, 5) is 14.9. The molecule has 1 aromatic carbocycles. The number of benzene rings is 1. The summed E-state index contributed by atoms with van der Waals surface area (Å²) in [6.45, 7) is 8.30. The molecule has 2 aliphatic rings. The smallest absolute Gasteiger partial charge is 0.315 e. The monoisotopic (exact) mass is 365 g/mol. The van der Waals surface area contributed by atoms with Crippen LogP contribution >= 0.6 is 11.6 Å². The van der Waals surface area contributed by atoms with E-state index in [1.165, 1.54) is 0 Å². The molecule has 0 saturated carbocycles. The molecule has 0 aromatic heterocycles. The van der Waals surface area contributed by atoms with Gasteiger partial charge in [-0.2, -0.15) is 0 Å². The Hall–Kier alpha value is -1.46. The van der Waals surface area contributed by atoms with E-state index in [9.17, 15) is 4.79 Å². The number of hydrogen-bond acceptors (Lipinski definition) is 3. The number of fused-ring (bicyclic) bond motifs is 1. The number of urea groups is 1. The topological polar surface area (TPSA) is 53.6 Å². The van der Waals surface area contributed by atoms with Gasteiger partial charge in [-0.05, 0) is 24.8 Å². The van der Waals surface area contributed by atoms with Crippen LogP contribution in [0.25, 0.3) is 0 Å². The molecule has 3 rings (SSSR count). The van der Waals surface area contributed by atoms with Gasteiger partial charge in [-0.3, -0.25) is 0 Å². The van der Waals surface area contributed by atoms with E-state index in [0.29, 0.717) is 23.3 Å². The van der Waals surface area contributed by atoms with Crippen molar-refractivity contribution in [1.82, 2.24) is 15.5 Å². The maximum absolute atomic E-state index is 12.4. The highest BCUT2D eigenvalue weighted by Gasteiger charge is 2.26. The van der Waals surface area contributed by atoms with E-state index in [0.717, 1.165) is 44.5 Å². The second-order valence-corrected chi connectivity index (χ2v) is 7.84. The van der Waals surface area contributed by atoms with Gasteiger partial charge < -0.3 is 20.3 Å². The summed E-state index contributed by atoms with van der Waals surface area (Å²) >= 11 is 6.19. The fourth-order valence-electron chi connectivity index (χ4n) is 3.70. The van der Waals surface area contributed by atoms with Gasteiger partial charge in [0.15, 0.2) is 0 Å². The first kappa shape index (κ1) is 18.3. The number of hydrogen-bond donors (Lipinski definition) is 2. The van der Waals surface area contributed by atoms with Crippen LogP contribution in [0.1, 0.15) is 44.7 Å². The Labute approximate surface area is 155 Å². The van der Waals surface area contributed by atoms with E-state index in [1.807, 2.05) is 18.2 Å². The lowest BCUT2D eigenvalue weighted by Gasteiger charge is -2.34. The Morgan fingerprint density at radius 3 is 2.76 bits per heavy atom. The number of piperidine rings is 1. The molecule has 25 heavy (non-hydrogen) atoms. The maximum atomic E-state index is 12.4. The van der Waals surface area contributed by atoms with Crippen molar-refractivity contribution in [3.8, 4) is 5.75 Å². The number of likely N-dealkylation sites (tertiary alicyclic amines) is 1. The minimum Gasteiger partial charge on any atom is -0.492 e. The van der Waals surface area contributed by atoms with Gasteiger partial charge >= 0.3 is 6.03 Å². The lowest BCUT2D eigenvalue weighted by Crippen LogP contribution is -2.49. The third-order valence-electron chi connectivity index (χ3n) is 4.88. The molecule has 1 saturated heterocycles. The number of para-hydroxylation sites is 1. The highest BCUT2D eigenvalue weighted by molar-refractivity contribution is 6.32. The molecule has 1 unspecified atom stereocenters. The van der Waals surface area contributed by atoms with Crippen molar-refractivity contribution in [2.75, 3.05) is 26.2 Å². The number of rotatable bonds is 4. The zero-order chi connectivity index (χ0) is 17.8. The Bertz CT molecular complexity index is 600. The number of nitrogens with one attached hydrogen (secondary N) is 2. The van der Waals surface area contributed by atoms with Gasteiger partial charge in [0.05, 0.1) is 17.7 Å². The Balaban J connectivity index is 1.50. The van der Waals surface area contributed by atoms with Crippen LogP contribution < -0.4 is 15.4 Å². The highest BCUT2D eigenvalue weighted by atomic mass is 35.5. The van der Waals surface area contributed by atoms with Gasteiger partial charge in [0.25, 0.3) is 0 Å². The molecule has 2 amide bonds. The minimum atomic E-state index is -0.0971. The molecule has 2 N–H and O–H groups in total. The number of nitrogens with zero attached hydrogens (tertiary/aromatic N) is 1. The van der Waals surface area contributed by atoms with E-state index < -0.39 is 0 Å². The van der Waals surface area contributed by atoms with Crippen molar-refractivity contribution in [2.24, 2.45) is 5.92 Å². The summed E-state index contributed by atoms with van der Waals surface area (Å²) in [6, 6.07) is 5.78. The van der Waals surface area contributed by atoms with Crippen LogP contribution in [0, 0.1) is 5.92 Å². The standard InChI is InChI=1S/C19H28ClN3O2/c1-13(2)12-23-9-6-14(7-10-23)21-19(24)22-17-8-11-25-18-15(17)4-3-5-16(18)20/h3-5,13-14,17H,6-12H2,1-2H3,(H2,21,22,24). The van der Waals surface area contributed by atoms with Crippen LogP contribution in [0.5, 0.6) is 5.75 Å². The fourth-order valence-corrected chi connectivity index (χ4v) is 3.93. The molecule has 1 aromatic rings. The van der Waals surface area contributed by atoms with Crippen LogP contribution in [-0.2, 0) is 0 Å². The average Bonchev–Trinajstić information content (AvgIpc) is 2.57. The first-order valence-corrected chi connectivity index (χ1v) is 9.61. The summed E-state index contributed by atoms with van der Waals surface area (Å²) in [7, 11) is 0. The number of ether oxygens (including phenoxy) is 1. The van der Waals surface area contributed by atoms with Gasteiger partial charge in [0, 0.05) is 37.7 Å². The van der Waals surface area contributed by atoms with Crippen molar-refractivity contribution in [2.45, 2.75) is 45.2 Å². The molecule has 6 heteroatoms. The summed E-state index contributed by atoms with van der Waals surface area (Å²) in [5.41, 5.74) is 0.959. The summed E-state index contributed by atoms with van der Waals surface area (Å²) < 4.78 is 5.65. The Morgan fingerprint density at radius 1 is 1.28 bits per heavy atom. The molecule has 0 spiro atoms. The van der Waals surface area contributed by atoms with Crippen LogP contribution in [0.15, 0.2) is 18.2 Å². The van der Waals surface area contributed by atoms with Crippen molar-refractivity contribution in [1.29, 1.82) is 0 Å². The lowest BCUT2D eigenvalue weighted by atomic mass is 10.0. The SMILES string of the molecule is CC(C)CN1CCC(NC(=O)NC2CCOc3c(Cl)cccc32)CC1. The molecular weight excluding hydrogens is 338 g/mol. The van der Waals surface area contributed by atoms with E-state index in [2.05, 4.69) is 29.4 Å². The zero-order valence-electron chi connectivity index (χ0n) is 15.1. The Kier molecular flexibility index (Phi) is 6.07. The van der Waals surface area contributed by atoms with E-state index in [4.69, 9.17) is 16.3 Å². The predicted octanol–water partition coefficient (Wildman–Crippen LogP) is 3.58. The molecule has 5 nitrogen and oxygen atoms in total. The van der Waals surface area contributed by atoms with Gasteiger partial charge in [-0.15, -0.1) is 0 Å². The van der Waals surface area contributed by atoms with Crippen molar-refractivity contribution in [3.05, 3.63) is 28.8 Å². The normalized spacial score (nSPS) is 21.5. The van der Waals surface area contributed by atoms with Gasteiger partial charge in [-0.25, -0.2) is 4.79 Å². The minimum absolute atomic E-state index is 0.0523. The van der Waals surface area contributed by atoms with E-state index in [-0.39, 0.29) is 18.1 Å². The van der Waals surface area contributed by atoms with Gasteiger partial charge in [0.2, 0.25) is 0 Å². The van der Waals surface area contributed by atoms with Crippen LogP contribution in [0.4, 0.5) is 4.79 Å². The average molecular weight is 366 g/mol. The fraction of sp³-hybridized carbons (Fsp3) is 0.632. The molecule has 1 atom stereocenters. The van der Waals surface area contributed by atoms with Crippen molar-refractivity contribution in [3.63, 3.8) is 0 Å². The first-order valence-electron chi connectivity index (χ1n) is 9.23. The Morgan fingerprint density at radius 2 is 2.04 bits per heavy atom. The number of amides is 2. The molecule has 138 valence electrons. The molecular formula is C19H28ClN3O2. The molecule has 0 bridgehead atoms. The first-order chi connectivity index (χ1) is 12.0. The maximum Gasteiger partial charge on any atom is 0.315 e. The quantitative estimate of drug-likeness (QED) is 0.857. The van der Waals surface area contributed by atoms with Crippen LogP contribution in [0.2, 0.25) is 5.02 Å². The van der Waals surface area contributed by atoms with Crippen molar-refractivity contribution >= 4 is 17.6 Å². The predicted molar refractivity (Wildman–Crippen MR) is 100 cm³/mol. The third-order valence-corrected chi connectivity index (χ3v) is 5.17. The second-order valence-electron chi connectivity index (χ2n) is 7.43. The molecule has 0 aliphatic carbocycles. The summed E-state index contributed by atoms with van der Waals surface area (Å²) in [5, 5.41) is 6.82. The van der Waals surface area contributed by atoms with E-state index >= 15 is 0 Å². The van der Waals surface area contributed by atoms with Gasteiger partial charge in [-0.1, -0.05) is 37.6 Å². The van der Waals surface area contributed by atoms with Crippen LogP contribution in [-0.4, -0.2) is 43.2 Å². The molecule has 2 heterocycles. The summed E-state index contributed by atoms with van der Waals surface area (Å²) in [6.07, 6.45) is 2.78. The lowest BCUT2D eigenvalue weighted by molar-refractivity contribution is 0.176. The number of carbonyl (C=O) groups excluding carboxylic acids is 1. The van der Waals surface area contributed by atoms with Crippen LogP contribution in [0.3, 0.4) is 0 Å². The van der Waals surface area contributed by atoms with E-state index in [1.54, 1.807) is 0 Å². The number of carbonyl (C=O) groups is 1. The second kappa shape index (κ2) is 8.28.